The van der Waals surface area contributed by atoms with Crippen LogP contribution in [-0.4, -0.2) is 9.97 Å². The van der Waals surface area contributed by atoms with Crippen LogP contribution in [0.5, 0.6) is 0 Å². The van der Waals surface area contributed by atoms with Gasteiger partial charge in [0.05, 0.1) is 5.69 Å². The first kappa shape index (κ1) is 7.92. The van der Waals surface area contributed by atoms with Crippen LogP contribution in [0.15, 0.2) is 12.3 Å². The van der Waals surface area contributed by atoms with Crippen LogP contribution in [0.25, 0.3) is 6.08 Å². The number of nitrogens with zero attached hydrogens (tertiary/aromatic N) is 2. The molecule has 1 aromatic rings. The van der Waals surface area contributed by atoms with Gasteiger partial charge in [-0.25, -0.2) is 9.97 Å². The van der Waals surface area contributed by atoms with Crippen LogP contribution in [-0.2, 0) is 0 Å². The van der Waals surface area contributed by atoms with Crippen LogP contribution in [0.3, 0.4) is 0 Å². The number of hydrogen-bond acceptors (Lipinski definition) is 2. The van der Waals surface area contributed by atoms with Crippen molar-refractivity contribution in [1.29, 1.82) is 0 Å². The quantitative estimate of drug-likeness (QED) is 0.609. The molecule has 0 spiro atoms. The highest BCUT2D eigenvalue weighted by molar-refractivity contribution is 5.47. The fourth-order valence-corrected chi connectivity index (χ4v) is 0.874. The summed E-state index contributed by atoms with van der Waals surface area (Å²) < 4.78 is 0. The molecule has 0 unspecified atom stereocenters. The zero-order valence-corrected chi connectivity index (χ0v) is 7.13. The lowest BCUT2D eigenvalue weighted by Crippen LogP contribution is -1.92. The Morgan fingerprint density at radius 3 is 2.73 bits per heavy atom. The molecular weight excluding hydrogens is 136 g/mol. The maximum absolute atomic E-state index is 4.26. The van der Waals surface area contributed by atoms with Gasteiger partial charge in [0.2, 0.25) is 0 Å². The normalized spacial score (nSPS) is 10.8. The van der Waals surface area contributed by atoms with Gasteiger partial charge in [-0.1, -0.05) is 6.08 Å². The minimum Gasteiger partial charge on any atom is -0.241 e. The van der Waals surface area contributed by atoms with Gasteiger partial charge in [0.1, 0.15) is 5.82 Å². The van der Waals surface area contributed by atoms with Crippen LogP contribution in [0.2, 0.25) is 0 Å². The van der Waals surface area contributed by atoms with Crippen molar-refractivity contribution in [3.05, 3.63) is 29.4 Å². The van der Waals surface area contributed by atoms with Gasteiger partial charge < -0.3 is 0 Å². The highest BCUT2D eigenvalue weighted by atomic mass is 14.9. The lowest BCUT2D eigenvalue weighted by atomic mass is 10.2. The minimum absolute atomic E-state index is 0.823. The molecule has 1 rings (SSSR count). The fraction of sp³-hybridized carbons (Fsp3) is 0.333. The highest BCUT2D eigenvalue weighted by Gasteiger charge is 1.95. The van der Waals surface area contributed by atoms with Gasteiger partial charge in [-0.05, 0) is 32.4 Å². The van der Waals surface area contributed by atoms with E-state index in [-0.39, 0.29) is 0 Å². The summed E-state index contributed by atoms with van der Waals surface area (Å²) in [6.07, 6.45) is 5.82. The Balaban J connectivity index is 3.12. The van der Waals surface area contributed by atoms with Crippen molar-refractivity contribution in [3.8, 4) is 0 Å². The number of allylic oxidation sites excluding steroid dienone is 1. The van der Waals surface area contributed by atoms with Gasteiger partial charge in [-0.15, -0.1) is 0 Å². The monoisotopic (exact) mass is 148 g/mol. The summed E-state index contributed by atoms with van der Waals surface area (Å²) in [5, 5.41) is 0. The van der Waals surface area contributed by atoms with Crippen molar-refractivity contribution < 1.29 is 0 Å². The molecule has 1 heterocycles. The third-order valence-electron chi connectivity index (χ3n) is 1.46. The maximum atomic E-state index is 4.26. The Morgan fingerprint density at radius 2 is 2.09 bits per heavy atom. The summed E-state index contributed by atoms with van der Waals surface area (Å²) in [7, 11) is 0. The Morgan fingerprint density at radius 1 is 1.36 bits per heavy atom. The van der Waals surface area contributed by atoms with E-state index in [0.29, 0.717) is 0 Å². The van der Waals surface area contributed by atoms with Crippen molar-refractivity contribution in [2.45, 2.75) is 20.8 Å². The smallest absolute Gasteiger partial charge is 0.125 e. The first-order valence-corrected chi connectivity index (χ1v) is 3.67. The molecule has 0 saturated carbocycles. The predicted octanol–water partition coefficient (Wildman–Crippen LogP) is 2.13. The molecule has 0 saturated heterocycles. The van der Waals surface area contributed by atoms with Gasteiger partial charge in [-0.2, -0.15) is 0 Å². The molecule has 58 valence electrons. The molecule has 0 radical (unpaired) electrons. The Kier molecular flexibility index (Phi) is 2.36. The fourth-order valence-electron chi connectivity index (χ4n) is 0.874. The standard InChI is InChI=1S/C9H12N2/c1-4-5-9-7(2)6-10-8(3)11-9/h4-6H,1-3H3/b5-4-. The lowest BCUT2D eigenvalue weighted by molar-refractivity contribution is 1.02. The third kappa shape index (κ3) is 1.87. The first-order chi connectivity index (χ1) is 5.24. The first-order valence-electron chi connectivity index (χ1n) is 3.67. The van der Waals surface area contributed by atoms with Crippen molar-refractivity contribution in [2.24, 2.45) is 0 Å². The summed E-state index contributed by atoms with van der Waals surface area (Å²) >= 11 is 0. The third-order valence-corrected chi connectivity index (χ3v) is 1.46. The van der Waals surface area contributed by atoms with E-state index < -0.39 is 0 Å². The second kappa shape index (κ2) is 3.28. The molecule has 0 N–H and O–H groups in total. The molecule has 0 amide bonds. The van der Waals surface area contributed by atoms with Crippen LogP contribution < -0.4 is 0 Å². The molecule has 0 atom stereocenters. The SMILES string of the molecule is C/C=C\c1nc(C)ncc1C. The molecule has 2 heteroatoms. The number of aromatic nitrogens is 2. The van der Waals surface area contributed by atoms with Gasteiger partial charge in [0.15, 0.2) is 0 Å². The van der Waals surface area contributed by atoms with Crippen LogP contribution in [0.1, 0.15) is 24.0 Å². The van der Waals surface area contributed by atoms with Crippen molar-refractivity contribution in [2.75, 3.05) is 0 Å². The number of aryl methyl sites for hydroxylation is 2. The summed E-state index contributed by atoms with van der Waals surface area (Å²) in [4.78, 5) is 8.34. The predicted molar refractivity (Wildman–Crippen MR) is 46.2 cm³/mol. The molecule has 0 bridgehead atoms. The van der Waals surface area contributed by atoms with E-state index in [4.69, 9.17) is 0 Å². The summed E-state index contributed by atoms with van der Waals surface area (Å²) in [5.74, 6) is 0.823. The highest BCUT2D eigenvalue weighted by Crippen LogP contribution is 2.04. The Labute approximate surface area is 67.0 Å². The van der Waals surface area contributed by atoms with Gasteiger partial charge in [0.25, 0.3) is 0 Å². The van der Waals surface area contributed by atoms with Crippen LogP contribution in [0.4, 0.5) is 0 Å². The second-order valence-corrected chi connectivity index (χ2v) is 2.49. The molecule has 0 aliphatic heterocycles. The average Bonchev–Trinajstić information content (AvgIpc) is 1.98. The minimum atomic E-state index is 0.823. The molecule has 0 aromatic carbocycles. The van der Waals surface area contributed by atoms with Crippen molar-refractivity contribution in [1.82, 2.24) is 9.97 Å². The zero-order valence-electron chi connectivity index (χ0n) is 7.13. The van der Waals surface area contributed by atoms with E-state index in [1.54, 1.807) is 0 Å². The number of rotatable bonds is 1. The van der Waals surface area contributed by atoms with Crippen LogP contribution in [0, 0.1) is 13.8 Å². The van der Waals surface area contributed by atoms with E-state index in [1.165, 1.54) is 0 Å². The summed E-state index contributed by atoms with van der Waals surface area (Å²) in [6, 6.07) is 0. The molecule has 0 fully saturated rings. The van der Waals surface area contributed by atoms with E-state index >= 15 is 0 Å². The van der Waals surface area contributed by atoms with E-state index in [1.807, 2.05) is 39.1 Å². The molecule has 11 heavy (non-hydrogen) atoms. The molecule has 1 aromatic heterocycles. The molecule has 0 aliphatic carbocycles. The van der Waals surface area contributed by atoms with Crippen molar-refractivity contribution in [3.63, 3.8) is 0 Å². The topological polar surface area (TPSA) is 25.8 Å². The van der Waals surface area contributed by atoms with Gasteiger partial charge >= 0.3 is 0 Å². The molecular formula is C9H12N2. The Hall–Kier alpha value is -1.18. The number of hydrogen-bond donors (Lipinski definition) is 0. The average molecular weight is 148 g/mol. The van der Waals surface area contributed by atoms with Gasteiger partial charge in [-0.3, -0.25) is 0 Å². The maximum Gasteiger partial charge on any atom is 0.125 e. The zero-order chi connectivity index (χ0) is 8.27. The lowest BCUT2D eigenvalue weighted by Gasteiger charge is -1.98. The summed E-state index contributed by atoms with van der Waals surface area (Å²) in [6.45, 7) is 5.89. The van der Waals surface area contributed by atoms with Crippen LogP contribution >= 0.6 is 0 Å². The van der Waals surface area contributed by atoms with Gasteiger partial charge in [0, 0.05) is 6.20 Å². The summed E-state index contributed by atoms with van der Waals surface area (Å²) in [5.41, 5.74) is 2.13. The largest absolute Gasteiger partial charge is 0.241 e. The molecule has 0 aliphatic rings. The van der Waals surface area contributed by atoms with E-state index in [2.05, 4.69) is 9.97 Å². The van der Waals surface area contributed by atoms with E-state index in [9.17, 15) is 0 Å². The Bertz CT molecular complexity index is 277. The second-order valence-electron chi connectivity index (χ2n) is 2.49. The van der Waals surface area contributed by atoms with Crippen molar-refractivity contribution >= 4 is 6.08 Å². The molecule has 2 nitrogen and oxygen atoms in total. The van der Waals surface area contributed by atoms with E-state index in [0.717, 1.165) is 17.1 Å².